The predicted molar refractivity (Wildman–Crippen MR) is 69.5 cm³/mol. The number of hydrogen-bond acceptors (Lipinski definition) is 3. The van der Waals surface area contributed by atoms with Gasteiger partial charge in [0, 0.05) is 24.2 Å². The largest absolute Gasteiger partial charge is 0.356 e. The minimum atomic E-state index is -0.313. The van der Waals surface area contributed by atoms with Crippen molar-refractivity contribution in [1.29, 1.82) is 0 Å². The normalized spacial score (nSPS) is 16.4. The highest BCUT2D eigenvalue weighted by Gasteiger charge is 2.17. The van der Waals surface area contributed by atoms with Gasteiger partial charge in [-0.3, -0.25) is 15.0 Å². The van der Waals surface area contributed by atoms with Crippen LogP contribution in [0.2, 0.25) is 0 Å². The van der Waals surface area contributed by atoms with Gasteiger partial charge in [0.2, 0.25) is 0 Å². The summed E-state index contributed by atoms with van der Waals surface area (Å²) in [6.45, 7) is 3.00. The van der Waals surface area contributed by atoms with Gasteiger partial charge in [-0.25, -0.2) is 0 Å². The highest BCUT2D eigenvalue weighted by molar-refractivity contribution is 5.88. The Kier molecular flexibility index (Phi) is 2.76. The number of nitrogens with zero attached hydrogens (tertiary/aromatic N) is 2. The zero-order chi connectivity index (χ0) is 12.5. The number of benzene rings is 1. The van der Waals surface area contributed by atoms with Crippen LogP contribution in [0.25, 0.3) is 10.9 Å². The van der Waals surface area contributed by atoms with Crippen LogP contribution in [-0.2, 0) is 6.54 Å². The molecular weight excluding hydrogens is 230 g/mol. The first kappa shape index (κ1) is 11.2. The fraction of sp³-hybridized carbons (Fsp3) is 0.385. The summed E-state index contributed by atoms with van der Waals surface area (Å²) in [5.74, 6) is 0. The molecule has 1 saturated heterocycles. The number of non-ortho nitro benzene ring substituents is 1. The van der Waals surface area contributed by atoms with Crippen molar-refractivity contribution >= 4 is 16.6 Å². The zero-order valence-electron chi connectivity index (χ0n) is 10.1. The van der Waals surface area contributed by atoms with Crippen LogP contribution in [0.15, 0.2) is 24.4 Å². The van der Waals surface area contributed by atoms with E-state index in [-0.39, 0.29) is 10.6 Å². The number of hydrogen-bond donors (Lipinski definition) is 1. The molecule has 0 aliphatic carbocycles. The van der Waals surface area contributed by atoms with Crippen molar-refractivity contribution in [3.05, 3.63) is 40.1 Å². The molecule has 0 unspecified atom stereocenters. The van der Waals surface area contributed by atoms with Crippen molar-refractivity contribution < 1.29 is 4.92 Å². The zero-order valence-corrected chi connectivity index (χ0v) is 10.1. The number of H-pyrrole nitrogens is 1. The van der Waals surface area contributed by atoms with Crippen molar-refractivity contribution in [2.24, 2.45) is 0 Å². The summed E-state index contributed by atoms with van der Waals surface area (Å²) in [5, 5.41) is 12.0. The highest BCUT2D eigenvalue weighted by atomic mass is 16.6. The van der Waals surface area contributed by atoms with Crippen LogP contribution >= 0.6 is 0 Å². The van der Waals surface area contributed by atoms with Crippen molar-refractivity contribution in [2.75, 3.05) is 13.1 Å². The van der Waals surface area contributed by atoms with Crippen molar-refractivity contribution in [2.45, 2.75) is 19.4 Å². The Labute approximate surface area is 105 Å². The number of fused-ring (bicyclic) bond motifs is 1. The molecule has 2 heterocycles. The second-order valence-corrected chi connectivity index (χ2v) is 4.80. The van der Waals surface area contributed by atoms with Crippen LogP contribution in [0, 0.1) is 10.1 Å². The third kappa shape index (κ3) is 1.97. The summed E-state index contributed by atoms with van der Waals surface area (Å²) < 4.78 is 0. The van der Waals surface area contributed by atoms with Crippen LogP contribution in [-0.4, -0.2) is 27.9 Å². The molecule has 0 atom stereocenters. The maximum absolute atomic E-state index is 11.1. The Morgan fingerprint density at radius 2 is 2.11 bits per heavy atom. The van der Waals surface area contributed by atoms with E-state index < -0.39 is 0 Å². The molecule has 1 N–H and O–H groups in total. The molecule has 1 fully saturated rings. The molecule has 1 aliphatic heterocycles. The standard InChI is InChI=1S/C13H15N3O2/c17-16(18)12-8-10(9-15-5-1-2-6-15)7-11-3-4-14-13(11)12/h3-4,7-8,14H,1-2,5-6,9H2. The number of nitro benzene ring substituents is 1. The smallest absolute Gasteiger partial charge is 0.293 e. The van der Waals surface area contributed by atoms with Gasteiger partial charge < -0.3 is 4.98 Å². The molecule has 18 heavy (non-hydrogen) atoms. The van der Waals surface area contributed by atoms with E-state index in [1.54, 1.807) is 12.3 Å². The van der Waals surface area contributed by atoms with Crippen LogP contribution in [0.1, 0.15) is 18.4 Å². The van der Waals surface area contributed by atoms with Gasteiger partial charge in [0.25, 0.3) is 5.69 Å². The van der Waals surface area contributed by atoms with E-state index in [0.29, 0.717) is 5.52 Å². The fourth-order valence-corrected chi connectivity index (χ4v) is 2.65. The molecular formula is C13H15N3O2. The molecule has 5 nitrogen and oxygen atoms in total. The Balaban J connectivity index is 1.98. The molecule has 0 amide bonds. The van der Waals surface area contributed by atoms with Gasteiger partial charge >= 0.3 is 0 Å². The Morgan fingerprint density at radius 1 is 1.33 bits per heavy atom. The number of rotatable bonds is 3. The second-order valence-electron chi connectivity index (χ2n) is 4.80. The first-order valence-electron chi connectivity index (χ1n) is 6.21. The van der Waals surface area contributed by atoms with Crippen LogP contribution < -0.4 is 0 Å². The molecule has 5 heteroatoms. The summed E-state index contributed by atoms with van der Waals surface area (Å²) in [6.07, 6.45) is 4.21. The maximum atomic E-state index is 11.1. The Bertz CT molecular complexity index is 585. The summed E-state index contributed by atoms with van der Waals surface area (Å²) in [7, 11) is 0. The molecule has 94 valence electrons. The number of likely N-dealkylation sites (tertiary alicyclic amines) is 1. The average molecular weight is 245 g/mol. The molecule has 1 aromatic heterocycles. The van der Waals surface area contributed by atoms with E-state index in [1.807, 2.05) is 12.1 Å². The molecule has 1 aliphatic rings. The lowest BCUT2D eigenvalue weighted by atomic mass is 10.1. The molecule has 1 aromatic carbocycles. The van der Waals surface area contributed by atoms with E-state index >= 15 is 0 Å². The Morgan fingerprint density at radius 3 is 2.83 bits per heavy atom. The maximum Gasteiger partial charge on any atom is 0.293 e. The lowest BCUT2D eigenvalue weighted by molar-refractivity contribution is -0.383. The second kappa shape index (κ2) is 4.42. The topological polar surface area (TPSA) is 62.2 Å². The number of nitrogens with one attached hydrogen (secondary N) is 1. The summed E-state index contributed by atoms with van der Waals surface area (Å²) >= 11 is 0. The summed E-state index contributed by atoms with van der Waals surface area (Å²) in [6, 6.07) is 5.62. The van der Waals surface area contributed by atoms with Gasteiger partial charge in [-0.15, -0.1) is 0 Å². The van der Waals surface area contributed by atoms with E-state index in [4.69, 9.17) is 0 Å². The third-order valence-corrected chi connectivity index (χ3v) is 3.50. The first-order valence-corrected chi connectivity index (χ1v) is 6.21. The number of aromatic nitrogens is 1. The fourth-order valence-electron chi connectivity index (χ4n) is 2.65. The first-order chi connectivity index (χ1) is 8.74. The molecule has 0 radical (unpaired) electrons. The number of nitro groups is 1. The van der Waals surface area contributed by atoms with E-state index in [9.17, 15) is 10.1 Å². The lowest BCUT2D eigenvalue weighted by Crippen LogP contribution is -2.18. The van der Waals surface area contributed by atoms with Gasteiger partial charge in [0.05, 0.1) is 4.92 Å². The molecule has 0 spiro atoms. The number of aromatic amines is 1. The van der Waals surface area contributed by atoms with E-state index in [0.717, 1.165) is 30.6 Å². The summed E-state index contributed by atoms with van der Waals surface area (Å²) in [5.41, 5.74) is 1.81. The van der Waals surface area contributed by atoms with Crippen LogP contribution in [0.3, 0.4) is 0 Å². The summed E-state index contributed by atoms with van der Waals surface area (Å²) in [4.78, 5) is 16.0. The monoisotopic (exact) mass is 245 g/mol. The van der Waals surface area contributed by atoms with Crippen LogP contribution in [0.5, 0.6) is 0 Å². The van der Waals surface area contributed by atoms with E-state index in [1.165, 1.54) is 12.8 Å². The average Bonchev–Trinajstić information content (AvgIpc) is 2.98. The van der Waals surface area contributed by atoms with Gasteiger partial charge in [0.1, 0.15) is 5.52 Å². The molecule has 2 aromatic rings. The SMILES string of the molecule is O=[N+]([O-])c1cc(CN2CCCC2)cc2cc[nH]c12. The van der Waals surface area contributed by atoms with Gasteiger partial charge in [-0.1, -0.05) is 0 Å². The molecule has 3 rings (SSSR count). The van der Waals surface area contributed by atoms with Crippen molar-refractivity contribution in [3.8, 4) is 0 Å². The minimum Gasteiger partial charge on any atom is -0.356 e. The molecule has 0 bridgehead atoms. The van der Waals surface area contributed by atoms with Crippen molar-refractivity contribution in [1.82, 2.24) is 9.88 Å². The predicted octanol–water partition coefficient (Wildman–Crippen LogP) is 2.67. The highest BCUT2D eigenvalue weighted by Crippen LogP contribution is 2.27. The van der Waals surface area contributed by atoms with Crippen LogP contribution in [0.4, 0.5) is 5.69 Å². The lowest BCUT2D eigenvalue weighted by Gasteiger charge is -2.14. The van der Waals surface area contributed by atoms with Crippen molar-refractivity contribution in [3.63, 3.8) is 0 Å². The van der Waals surface area contributed by atoms with E-state index in [2.05, 4.69) is 9.88 Å². The third-order valence-electron chi connectivity index (χ3n) is 3.50. The Hall–Kier alpha value is -1.88. The molecule has 0 saturated carbocycles. The minimum absolute atomic E-state index is 0.173. The van der Waals surface area contributed by atoms with Gasteiger partial charge in [-0.05, 0) is 43.6 Å². The van der Waals surface area contributed by atoms with Gasteiger partial charge in [-0.2, -0.15) is 0 Å². The quantitative estimate of drug-likeness (QED) is 0.668. The van der Waals surface area contributed by atoms with Gasteiger partial charge in [0.15, 0.2) is 0 Å².